The molecule has 0 bridgehead atoms. The van der Waals surface area contributed by atoms with Gasteiger partial charge in [-0.3, -0.25) is 0 Å². The predicted molar refractivity (Wildman–Crippen MR) is 101 cm³/mol. The van der Waals surface area contributed by atoms with Crippen LogP contribution in [0.15, 0.2) is 24.3 Å². The second-order valence-corrected chi connectivity index (χ2v) is 7.65. The van der Waals surface area contributed by atoms with E-state index >= 15 is 0 Å². The van der Waals surface area contributed by atoms with Crippen LogP contribution in [0.25, 0.3) is 22.4 Å². The topological polar surface area (TPSA) is 58.1 Å². The zero-order chi connectivity index (χ0) is 20.1. The Morgan fingerprint density at radius 2 is 1.81 bits per heavy atom. The number of aromatic amines is 1. The van der Waals surface area contributed by atoms with Crippen molar-refractivity contribution in [3.8, 4) is 22.9 Å². The van der Waals surface area contributed by atoms with Gasteiger partial charge in [0, 0.05) is 6.07 Å². The smallest absolute Gasteiger partial charge is 0.507 e. The van der Waals surface area contributed by atoms with Crippen LogP contribution in [0.1, 0.15) is 31.9 Å². The number of aromatic nitrogens is 2. The van der Waals surface area contributed by atoms with Crippen LogP contribution in [0.4, 0.5) is 13.2 Å². The molecule has 0 saturated heterocycles. The monoisotopic (exact) mass is 376 g/mol. The van der Waals surface area contributed by atoms with Crippen molar-refractivity contribution in [1.29, 1.82) is 0 Å². The van der Waals surface area contributed by atoms with Gasteiger partial charge in [0.2, 0.25) is 0 Å². The molecular formula is C19H20BF3N2O2. The van der Waals surface area contributed by atoms with Crippen LogP contribution in [-0.4, -0.2) is 29.3 Å². The second kappa shape index (κ2) is 6.21. The molecule has 4 nitrogen and oxygen atoms in total. The van der Waals surface area contributed by atoms with Crippen LogP contribution in [-0.2, 0) is 5.41 Å². The van der Waals surface area contributed by atoms with Crippen molar-refractivity contribution in [3.05, 3.63) is 35.4 Å². The molecule has 0 spiro atoms. The highest BCUT2D eigenvalue weighted by molar-refractivity contribution is 6.34. The van der Waals surface area contributed by atoms with E-state index in [9.17, 15) is 18.3 Å². The number of alkyl halides is 3. The van der Waals surface area contributed by atoms with Crippen molar-refractivity contribution < 1.29 is 23.0 Å². The third kappa shape index (κ3) is 3.75. The van der Waals surface area contributed by atoms with Crippen LogP contribution in [0.3, 0.4) is 0 Å². The number of hydrogen-bond acceptors (Lipinski definition) is 3. The summed E-state index contributed by atoms with van der Waals surface area (Å²) in [6, 6.07) is 5.86. The summed E-state index contributed by atoms with van der Waals surface area (Å²) in [5.74, 6) is 0.184. The Bertz CT molecular complexity index is 1020. The fraction of sp³-hybridized carbons (Fsp3) is 0.316. The lowest BCUT2D eigenvalue weighted by Gasteiger charge is -2.24. The van der Waals surface area contributed by atoms with Gasteiger partial charge in [-0.2, -0.15) is 0 Å². The van der Waals surface area contributed by atoms with E-state index in [0.29, 0.717) is 22.4 Å². The third-order valence-corrected chi connectivity index (χ3v) is 4.55. The Kier molecular flexibility index (Phi) is 4.40. The number of aromatic hydroxyl groups is 1. The normalized spacial score (nSPS) is 12.6. The summed E-state index contributed by atoms with van der Waals surface area (Å²) in [4.78, 5) is 7.48. The quantitative estimate of drug-likeness (QED) is 0.671. The Balaban J connectivity index is 2.17. The fourth-order valence-electron chi connectivity index (χ4n) is 3.07. The number of nitrogens with zero attached hydrogens (tertiary/aromatic N) is 1. The number of phenols is 1. The second-order valence-electron chi connectivity index (χ2n) is 7.65. The van der Waals surface area contributed by atoms with Crippen molar-refractivity contribution in [3.63, 3.8) is 0 Å². The van der Waals surface area contributed by atoms with Crippen LogP contribution in [0.5, 0.6) is 11.5 Å². The van der Waals surface area contributed by atoms with Gasteiger partial charge in [0.15, 0.2) is 0 Å². The van der Waals surface area contributed by atoms with E-state index in [2.05, 4.69) is 14.7 Å². The Hall–Kier alpha value is -2.64. The summed E-state index contributed by atoms with van der Waals surface area (Å²) >= 11 is 0. The number of imidazole rings is 1. The molecule has 0 fully saturated rings. The average Bonchev–Trinajstić information content (AvgIpc) is 2.91. The van der Waals surface area contributed by atoms with Gasteiger partial charge in [0.25, 0.3) is 0 Å². The first kappa shape index (κ1) is 19.1. The van der Waals surface area contributed by atoms with Crippen molar-refractivity contribution >= 4 is 24.3 Å². The number of rotatable bonds is 2. The molecule has 27 heavy (non-hydrogen) atoms. The van der Waals surface area contributed by atoms with Crippen molar-refractivity contribution in [2.75, 3.05) is 0 Å². The minimum Gasteiger partial charge on any atom is -0.507 e. The lowest BCUT2D eigenvalue weighted by molar-refractivity contribution is -0.274. The van der Waals surface area contributed by atoms with Gasteiger partial charge in [-0.05, 0) is 35.6 Å². The number of benzene rings is 2. The molecule has 3 rings (SSSR count). The van der Waals surface area contributed by atoms with Gasteiger partial charge in [0.1, 0.15) is 25.2 Å². The van der Waals surface area contributed by atoms with Crippen LogP contribution < -0.4 is 10.2 Å². The Labute approximate surface area is 155 Å². The summed E-state index contributed by atoms with van der Waals surface area (Å²) < 4.78 is 41.3. The molecule has 0 aliphatic rings. The highest BCUT2D eigenvalue weighted by atomic mass is 19.4. The van der Waals surface area contributed by atoms with Gasteiger partial charge in [-0.1, -0.05) is 32.3 Å². The molecule has 142 valence electrons. The van der Waals surface area contributed by atoms with E-state index < -0.39 is 6.36 Å². The highest BCUT2D eigenvalue weighted by Gasteiger charge is 2.31. The molecule has 0 radical (unpaired) electrons. The van der Waals surface area contributed by atoms with Crippen molar-refractivity contribution in [2.24, 2.45) is 0 Å². The predicted octanol–water partition coefficient (Wildman–Crippen LogP) is 3.70. The number of phenolic OH excluding ortho intramolecular Hbond substituents is 1. The van der Waals surface area contributed by atoms with Gasteiger partial charge in [-0.25, -0.2) is 4.98 Å². The van der Waals surface area contributed by atoms with E-state index in [1.54, 1.807) is 0 Å². The van der Waals surface area contributed by atoms with E-state index in [1.165, 1.54) is 18.2 Å². The Morgan fingerprint density at radius 3 is 2.41 bits per heavy atom. The zero-order valence-electron chi connectivity index (χ0n) is 15.7. The third-order valence-electron chi connectivity index (χ3n) is 4.55. The van der Waals surface area contributed by atoms with Crippen LogP contribution >= 0.6 is 0 Å². The largest absolute Gasteiger partial charge is 0.573 e. The van der Waals surface area contributed by atoms with E-state index in [0.717, 1.165) is 16.6 Å². The van der Waals surface area contributed by atoms with E-state index in [1.807, 2.05) is 41.6 Å². The molecule has 1 heterocycles. The fourth-order valence-corrected chi connectivity index (χ4v) is 3.07. The standard InChI is InChI=1S/C19H20BF3N2O2/c1-9-12(20)8-11(18(2,3)4)16(26)15(9)17-24-13-6-5-10(7-14(13)25-17)27-19(21,22)23/h5-8,26H,20H2,1-4H3,(H,24,25). The maximum absolute atomic E-state index is 12.4. The molecule has 0 saturated carbocycles. The minimum atomic E-state index is -4.76. The maximum atomic E-state index is 12.4. The number of hydrogen-bond donors (Lipinski definition) is 2. The number of H-pyrrole nitrogens is 1. The first-order chi connectivity index (χ1) is 12.4. The zero-order valence-corrected chi connectivity index (χ0v) is 15.7. The Morgan fingerprint density at radius 1 is 1.15 bits per heavy atom. The molecule has 3 aromatic rings. The molecule has 1 aromatic heterocycles. The summed E-state index contributed by atoms with van der Waals surface area (Å²) in [5, 5.41) is 10.9. The molecule has 0 unspecified atom stereocenters. The highest BCUT2D eigenvalue weighted by Crippen LogP contribution is 2.39. The van der Waals surface area contributed by atoms with Gasteiger partial charge in [0.05, 0.1) is 16.6 Å². The van der Waals surface area contributed by atoms with Crippen molar-refractivity contribution in [1.82, 2.24) is 9.97 Å². The first-order valence-corrected chi connectivity index (χ1v) is 8.46. The van der Waals surface area contributed by atoms with Crippen molar-refractivity contribution in [2.45, 2.75) is 39.5 Å². The number of nitrogens with one attached hydrogen (secondary N) is 1. The molecule has 0 aliphatic carbocycles. The number of ether oxygens (including phenoxy) is 1. The maximum Gasteiger partial charge on any atom is 0.573 e. The average molecular weight is 376 g/mol. The number of halogens is 3. The van der Waals surface area contributed by atoms with E-state index in [4.69, 9.17) is 0 Å². The number of fused-ring (bicyclic) bond motifs is 1. The van der Waals surface area contributed by atoms with Gasteiger partial charge in [-0.15, -0.1) is 13.2 Å². The van der Waals surface area contributed by atoms with E-state index in [-0.39, 0.29) is 16.9 Å². The SMILES string of the molecule is Bc1cc(C(C)(C)C)c(O)c(-c2nc3cc(OC(F)(F)F)ccc3[nH]2)c1C. The summed E-state index contributed by atoms with van der Waals surface area (Å²) in [6.07, 6.45) is -4.76. The summed E-state index contributed by atoms with van der Waals surface area (Å²) in [5.41, 5.74) is 3.77. The van der Waals surface area contributed by atoms with Crippen LogP contribution in [0.2, 0.25) is 0 Å². The lowest BCUT2D eigenvalue weighted by Crippen LogP contribution is -2.18. The van der Waals surface area contributed by atoms with Gasteiger partial charge >= 0.3 is 6.36 Å². The minimum absolute atomic E-state index is 0.122. The lowest BCUT2D eigenvalue weighted by atomic mass is 9.78. The summed E-state index contributed by atoms with van der Waals surface area (Å²) in [6.45, 7) is 7.88. The van der Waals surface area contributed by atoms with Gasteiger partial charge < -0.3 is 14.8 Å². The molecule has 0 amide bonds. The molecule has 0 atom stereocenters. The molecule has 2 N–H and O–H groups in total. The molecule has 8 heteroatoms. The first-order valence-electron chi connectivity index (χ1n) is 8.46. The summed E-state index contributed by atoms with van der Waals surface area (Å²) in [7, 11) is 1.95. The molecular weight excluding hydrogens is 356 g/mol. The molecule has 0 aliphatic heterocycles. The van der Waals surface area contributed by atoms with Crippen LogP contribution in [0, 0.1) is 6.92 Å². The molecule has 2 aromatic carbocycles.